The Morgan fingerprint density at radius 1 is 1.00 bits per heavy atom. The first-order valence-corrected chi connectivity index (χ1v) is 8.80. The van der Waals surface area contributed by atoms with E-state index in [-0.39, 0.29) is 5.91 Å². The minimum atomic E-state index is -0.129. The Kier molecular flexibility index (Phi) is 5.47. The topological polar surface area (TPSA) is 54.0 Å². The van der Waals surface area contributed by atoms with Gasteiger partial charge >= 0.3 is 0 Å². The summed E-state index contributed by atoms with van der Waals surface area (Å²) >= 11 is 0. The monoisotopic (exact) mass is 323 g/mol. The molecule has 0 aliphatic heterocycles. The summed E-state index contributed by atoms with van der Waals surface area (Å²) < 4.78 is 0. The summed E-state index contributed by atoms with van der Waals surface area (Å²) in [4.78, 5) is 16.6. The molecule has 1 fully saturated rings. The quantitative estimate of drug-likeness (QED) is 0.796. The molecule has 2 aromatic rings. The van der Waals surface area contributed by atoms with Gasteiger partial charge in [0.1, 0.15) is 0 Å². The number of anilines is 2. The summed E-state index contributed by atoms with van der Waals surface area (Å²) in [6.07, 6.45) is 11.0. The maximum atomic E-state index is 12.4. The normalized spacial score (nSPS) is 15.5. The van der Waals surface area contributed by atoms with Gasteiger partial charge in [-0.05, 0) is 38.0 Å². The highest BCUT2D eigenvalue weighted by molar-refractivity contribution is 6.04. The summed E-state index contributed by atoms with van der Waals surface area (Å²) in [7, 11) is 0. The summed E-state index contributed by atoms with van der Waals surface area (Å²) in [6.45, 7) is 2.03. The molecular weight excluding hydrogens is 298 g/mol. The Morgan fingerprint density at radius 2 is 1.71 bits per heavy atom. The number of carbonyl (C=O) groups excluding carboxylic acids is 1. The van der Waals surface area contributed by atoms with E-state index in [4.69, 9.17) is 0 Å². The molecule has 0 bridgehead atoms. The van der Waals surface area contributed by atoms with Gasteiger partial charge in [-0.1, -0.05) is 43.4 Å². The van der Waals surface area contributed by atoms with E-state index in [2.05, 4.69) is 15.6 Å². The first kappa shape index (κ1) is 16.5. The summed E-state index contributed by atoms with van der Waals surface area (Å²) in [6, 6.07) is 10.2. The lowest BCUT2D eigenvalue weighted by Gasteiger charge is -2.17. The van der Waals surface area contributed by atoms with E-state index < -0.39 is 0 Å². The molecule has 0 unspecified atom stereocenters. The molecule has 1 heterocycles. The van der Waals surface area contributed by atoms with Crippen molar-refractivity contribution in [3.63, 3.8) is 0 Å². The van der Waals surface area contributed by atoms with Gasteiger partial charge in [-0.25, -0.2) is 0 Å². The molecule has 0 radical (unpaired) electrons. The Bertz CT molecular complexity index is 674. The van der Waals surface area contributed by atoms with Crippen LogP contribution in [0.25, 0.3) is 0 Å². The van der Waals surface area contributed by atoms with E-state index in [9.17, 15) is 4.79 Å². The number of hydrogen-bond acceptors (Lipinski definition) is 3. The smallest absolute Gasteiger partial charge is 0.257 e. The molecule has 2 N–H and O–H groups in total. The van der Waals surface area contributed by atoms with Crippen LogP contribution in [-0.4, -0.2) is 16.9 Å². The van der Waals surface area contributed by atoms with Crippen LogP contribution >= 0.6 is 0 Å². The second-order valence-electron chi connectivity index (χ2n) is 6.62. The van der Waals surface area contributed by atoms with Gasteiger partial charge in [0, 0.05) is 24.1 Å². The first-order chi connectivity index (χ1) is 11.7. The Hall–Kier alpha value is -2.36. The number of amides is 1. The predicted molar refractivity (Wildman–Crippen MR) is 98.5 cm³/mol. The molecule has 4 heteroatoms. The van der Waals surface area contributed by atoms with Crippen molar-refractivity contribution in [1.29, 1.82) is 0 Å². The molecule has 24 heavy (non-hydrogen) atoms. The second-order valence-corrected chi connectivity index (χ2v) is 6.62. The van der Waals surface area contributed by atoms with Crippen LogP contribution in [0, 0.1) is 6.92 Å². The zero-order chi connectivity index (χ0) is 16.8. The fourth-order valence-corrected chi connectivity index (χ4v) is 3.14. The van der Waals surface area contributed by atoms with Crippen molar-refractivity contribution in [2.75, 3.05) is 10.6 Å². The molecule has 0 atom stereocenters. The molecule has 3 rings (SSSR count). The fourth-order valence-electron chi connectivity index (χ4n) is 3.14. The van der Waals surface area contributed by atoms with Gasteiger partial charge in [-0.3, -0.25) is 9.78 Å². The van der Waals surface area contributed by atoms with Gasteiger partial charge in [0.15, 0.2) is 0 Å². The summed E-state index contributed by atoms with van der Waals surface area (Å²) in [5, 5.41) is 6.46. The van der Waals surface area contributed by atoms with Crippen LogP contribution < -0.4 is 10.6 Å². The van der Waals surface area contributed by atoms with Crippen molar-refractivity contribution in [1.82, 2.24) is 4.98 Å². The Labute approximate surface area is 143 Å². The molecule has 0 spiro atoms. The van der Waals surface area contributed by atoms with Gasteiger partial charge < -0.3 is 10.6 Å². The lowest BCUT2D eigenvalue weighted by Crippen LogP contribution is -2.19. The molecule has 126 valence electrons. The lowest BCUT2D eigenvalue weighted by atomic mass is 10.1. The van der Waals surface area contributed by atoms with Gasteiger partial charge in [0.25, 0.3) is 5.91 Å². The van der Waals surface area contributed by atoms with Crippen LogP contribution in [0.4, 0.5) is 11.4 Å². The van der Waals surface area contributed by atoms with Crippen LogP contribution in [0.2, 0.25) is 0 Å². The molecule has 1 aromatic carbocycles. The number of benzene rings is 1. The van der Waals surface area contributed by atoms with Crippen molar-refractivity contribution < 1.29 is 4.79 Å². The minimum Gasteiger partial charge on any atom is -0.381 e. The van der Waals surface area contributed by atoms with Crippen LogP contribution in [0.1, 0.15) is 54.4 Å². The SMILES string of the molecule is Cc1ccc(NC(=O)c2cncc(NC3CCCCCC3)c2)cc1. The average molecular weight is 323 g/mol. The fraction of sp³-hybridized carbons (Fsp3) is 0.400. The molecule has 1 aromatic heterocycles. The molecule has 1 saturated carbocycles. The van der Waals surface area contributed by atoms with Crippen LogP contribution in [0.5, 0.6) is 0 Å². The van der Waals surface area contributed by atoms with Gasteiger partial charge in [-0.15, -0.1) is 0 Å². The van der Waals surface area contributed by atoms with Crippen LogP contribution in [0.15, 0.2) is 42.7 Å². The van der Waals surface area contributed by atoms with E-state index in [1.54, 1.807) is 12.4 Å². The third-order valence-electron chi connectivity index (χ3n) is 4.54. The Balaban J connectivity index is 1.65. The number of aromatic nitrogens is 1. The highest BCUT2D eigenvalue weighted by atomic mass is 16.1. The van der Waals surface area contributed by atoms with E-state index in [1.807, 2.05) is 37.3 Å². The van der Waals surface area contributed by atoms with Crippen LogP contribution in [-0.2, 0) is 0 Å². The predicted octanol–water partition coefficient (Wildman–Crippen LogP) is 4.78. The molecule has 1 aliphatic carbocycles. The standard InChI is InChI=1S/C20H25N3O/c1-15-8-10-18(11-9-15)23-20(24)16-12-19(14-21-13-16)22-17-6-4-2-3-5-7-17/h8-14,17,22H,2-7H2,1H3,(H,23,24). The number of rotatable bonds is 4. The van der Waals surface area contributed by atoms with Crippen molar-refractivity contribution in [2.24, 2.45) is 0 Å². The molecule has 1 amide bonds. The number of nitrogens with one attached hydrogen (secondary N) is 2. The second kappa shape index (κ2) is 7.95. The summed E-state index contributed by atoms with van der Waals surface area (Å²) in [5.41, 5.74) is 3.48. The third kappa shape index (κ3) is 4.57. The van der Waals surface area contributed by atoms with E-state index in [0.29, 0.717) is 11.6 Å². The third-order valence-corrected chi connectivity index (χ3v) is 4.54. The number of nitrogens with zero attached hydrogens (tertiary/aromatic N) is 1. The minimum absolute atomic E-state index is 0.129. The van der Waals surface area contributed by atoms with E-state index in [1.165, 1.54) is 44.1 Å². The van der Waals surface area contributed by atoms with Gasteiger partial charge in [0.05, 0.1) is 11.3 Å². The van der Waals surface area contributed by atoms with Crippen molar-refractivity contribution in [3.05, 3.63) is 53.9 Å². The molecule has 1 aliphatic rings. The molecule has 4 nitrogen and oxygen atoms in total. The molecular formula is C20H25N3O. The van der Waals surface area contributed by atoms with Crippen LogP contribution in [0.3, 0.4) is 0 Å². The largest absolute Gasteiger partial charge is 0.381 e. The highest BCUT2D eigenvalue weighted by Crippen LogP contribution is 2.21. The maximum Gasteiger partial charge on any atom is 0.257 e. The first-order valence-electron chi connectivity index (χ1n) is 8.80. The van der Waals surface area contributed by atoms with Crippen molar-refractivity contribution >= 4 is 17.3 Å². The zero-order valence-electron chi connectivity index (χ0n) is 14.2. The average Bonchev–Trinajstić information content (AvgIpc) is 2.86. The van der Waals surface area contributed by atoms with Gasteiger partial charge in [0.2, 0.25) is 0 Å². The van der Waals surface area contributed by atoms with Crippen molar-refractivity contribution in [2.45, 2.75) is 51.5 Å². The summed E-state index contributed by atoms with van der Waals surface area (Å²) in [5.74, 6) is -0.129. The number of pyridine rings is 1. The van der Waals surface area contributed by atoms with E-state index >= 15 is 0 Å². The number of aryl methyl sites for hydroxylation is 1. The van der Waals surface area contributed by atoms with Crippen molar-refractivity contribution in [3.8, 4) is 0 Å². The maximum absolute atomic E-state index is 12.4. The lowest BCUT2D eigenvalue weighted by molar-refractivity contribution is 0.102. The Morgan fingerprint density at radius 3 is 2.42 bits per heavy atom. The zero-order valence-corrected chi connectivity index (χ0v) is 14.2. The van der Waals surface area contributed by atoms with Gasteiger partial charge in [-0.2, -0.15) is 0 Å². The molecule has 0 saturated heterocycles. The van der Waals surface area contributed by atoms with E-state index in [0.717, 1.165) is 11.4 Å². The number of carbonyl (C=O) groups is 1. The number of hydrogen-bond donors (Lipinski definition) is 2. The highest BCUT2D eigenvalue weighted by Gasteiger charge is 2.13.